The number of nitrogens with zero attached hydrogens (tertiary/aromatic N) is 4. The molecule has 1 aromatic carbocycles. The molecule has 7 heteroatoms. The zero-order chi connectivity index (χ0) is 19.1. The van der Waals surface area contributed by atoms with Crippen LogP contribution in [0, 0.1) is 0 Å². The predicted octanol–water partition coefficient (Wildman–Crippen LogP) is 3.82. The Bertz CT molecular complexity index is 684. The van der Waals surface area contributed by atoms with Crippen LogP contribution in [-0.4, -0.2) is 59.3 Å². The summed E-state index contributed by atoms with van der Waals surface area (Å²) in [5, 5.41) is 4.84. The van der Waals surface area contributed by atoms with Crippen LogP contribution >= 0.6 is 11.6 Å². The summed E-state index contributed by atoms with van der Waals surface area (Å²) in [6.45, 7) is 9.95. The summed E-state index contributed by atoms with van der Waals surface area (Å²) in [7, 11) is 0. The molecule has 2 aromatic rings. The third-order valence-corrected chi connectivity index (χ3v) is 5.29. The van der Waals surface area contributed by atoms with Gasteiger partial charge in [0.25, 0.3) is 0 Å². The van der Waals surface area contributed by atoms with E-state index in [0.29, 0.717) is 6.61 Å². The monoisotopic (exact) mass is 392 g/mol. The van der Waals surface area contributed by atoms with Gasteiger partial charge in [0, 0.05) is 44.2 Å². The third-order valence-electron chi connectivity index (χ3n) is 5.04. The van der Waals surface area contributed by atoms with Crippen LogP contribution in [0.15, 0.2) is 28.8 Å². The summed E-state index contributed by atoms with van der Waals surface area (Å²) in [5.74, 6) is 2.43. The number of benzene rings is 1. The molecular weight excluding hydrogens is 364 g/mol. The standard InChI is InChI=1S/C20H29ClN4O2/c1-3-4-5-19-22-20(27-23-19)16(2)25-12-10-24(11-13-25)14-15-26-18-8-6-17(21)7-9-18/h6-9,16H,3-5,10-15H2,1-2H3/t16-/m0/s1. The Morgan fingerprint density at radius 1 is 1.19 bits per heavy atom. The van der Waals surface area contributed by atoms with Crippen molar-refractivity contribution in [3.8, 4) is 5.75 Å². The van der Waals surface area contributed by atoms with Crippen molar-refractivity contribution in [3.05, 3.63) is 41.0 Å². The van der Waals surface area contributed by atoms with E-state index in [1.54, 1.807) is 0 Å². The van der Waals surface area contributed by atoms with Crippen LogP contribution in [0.3, 0.4) is 0 Å². The van der Waals surface area contributed by atoms with Gasteiger partial charge in [0.05, 0.1) is 6.04 Å². The number of ether oxygens (including phenoxy) is 1. The SMILES string of the molecule is CCCCc1noc([C@H](C)N2CCN(CCOc3ccc(Cl)cc3)CC2)n1. The summed E-state index contributed by atoms with van der Waals surface area (Å²) in [6, 6.07) is 7.67. The minimum atomic E-state index is 0.167. The fraction of sp³-hybridized carbons (Fsp3) is 0.600. The molecular formula is C20H29ClN4O2. The van der Waals surface area contributed by atoms with E-state index >= 15 is 0 Å². The zero-order valence-corrected chi connectivity index (χ0v) is 17.0. The van der Waals surface area contributed by atoms with Crippen molar-refractivity contribution in [2.24, 2.45) is 0 Å². The first-order valence-electron chi connectivity index (χ1n) is 9.83. The number of hydrogen-bond donors (Lipinski definition) is 0. The van der Waals surface area contributed by atoms with E-state index in [1.165, 1.54) is 0 Å². The molecule has 2 heterocycles. The molecule has 1 aliphatic heterocycles. The molecule has 0 saturated carbocycles. The Kier molecular flexibility index (Phi) is 7.50. The third kappa shape index (κ3) is 5.92. The number of halogens is 1. The van der Waals surface area contributed by atoms with E-state index in [9.17, 15) is 0 Å². The Balaban J connectivity index is 1.39. The molecule has 0 unspecified atom stereocenters. The lowest BCUT2D eigenvalue weighted by molar-refractivity contribution is 0.0800. The maximum atomic E-state index is 5.89. The molecule has 27 heavy (non-hydrogen) atoms. The van der Waals surface area contributed by atoms with E-state index in [4.69, 9.17) is 20.9 Å². The van der Waals surface area contributed by atoms with Crippen LogP contribution in [0.2, 0.25) is 5.02 Å². The quantitative estimate of drug-likeness (QED) is 0.646. The molecule has 0 spiro atoms. The van der Waals surface area contributed by atoms with Gasteiger partial charge in [-0.15, -0.1) is 0 Å². The fourth-order valence-corrected chi connectivity index (χ4v) is 3.35. The highest BCUT2D eigenvalue weighted by atomic mass is 35.5. The van der Waals surface area contributed by atoms with Crippen molar-refractivity contribution in [1.29, 1.82) is 0 Å². The molecule has 148 valence electrons. The number of rotatable bonds is 9. The van der Waals surface area contributed by atoms with Crippen molar-refractivity contribution >= 4 is 11.6 Å². The van der Waals surface area contributed by atoms with Crippen molar-refractivity contribution in [1.82, 2.24) is 19.9 Å². The van der Waals surface area contributed by atoms with E-state index in [1.807, 2.05) is 24.3 Å². The van der Waals surface area contributed by atoms with Crippen LogP contribution in [-0.2, 0) is 6.42 Å². The molecule has 3 rings (SSSR count). The highest BCUT2D eigenvalue weighted by Crippen LogP contribution is 2.21. The summed E-state index contributed by atoms with van der Waals surface area (Å²) in [6.07, 6.45) is 3.14. The lowest BCUT2D eigenvalue weighted by Crippen LogP contribution is -2.48. The van der Waals surface area contributed by atoms with Crippen LogP contribution in [0.5, 0.6) is 5.75 Å². The highest BCUT2D eigenvalue weighted by molar-refractivity contribution is 6.30. The molecule has 0 bridgehead atoms. The molecule has 0 radical (unpaired) electrons. The molecule has 1 aromatic heterocycles. The summed E-state index contributed by atoms with van der Waals surface area (Å²) >= 11 is 5.89. The molecule has 0 amide bonds. The van der Waals surface area contributed by atoms with Gasteiger partial charge in [-0.05, 0) is 37.6 Å². The van der Waals surface area contributed by atoms with E-state index in [-0.39, 0.29) is 6.04 Å². The highest BCUT2D eigenvalue weighted by Gasteiger charge is 2.25. The van der Waals surface area contributed by atoms with Crippen LogP contribution in [0.4, 0.5) is 0 Å². The van der Waals surface area contributed by atoms with Crippen molar-refractivity contribution in [2.75, 3.05) is 39.3 Å². The molecule has 1 atom stereocenters. The first-order chi connectivity index (χ1) is 13.2. The Morgan fingerprint density at radius 2 is 1.93 bits per heavy atom. The summed E-state index contributed by atoms with van der Waals surface area (Å²) in [5.41, 5.74) is 0. The molecule has 6 nitrogen and oxygen atoms in total. The lowest BCUT2D eigenvalue weighted by Gasteiger charge is -2.36. The minimum Gasteiger partial charge on any atom is -0.492 e. The van der Waals surface area contributed by atoms with E-state index in [0.717, 1.165) is 74.5 Å². The van der Waals surface area contributed by atoms with Gasteiger partial charge in [0.1, 0.15) is 12.4 Å². The maximum Gasteiger partial charge on any atom is 0.243 e. The van der Waals surface area contributed by atoms with Crippen LogP contribution in [0.25, 0.3) is 0 Å². The smallest absolute Gasteiger partial charge is 0.243 e. The first-order valence-corrected chi connectivity index (χ1v) is 10.2. The van der Waals surface area contributed by atoms with Gasteiger partial charge >= 0.3 is 0 Å². The van der Waals surface area contributed by atoms with Gasteiger partial charge in [-0.1, -0.05) is 30.1 Å². The van der Waals surface area contributed by atoms with Crippen molar-refractivity contribution in [3.63, 3.8) is 0 Å². The van der Waals surface area contributed by atoms with Gasteiger partial charge < -0.3 is 9.26 Å². The molecule has 0 aliphatic carbocycles. The average molecular weight is 393 g/mol. The maximum absolute atomic E-state index is 5.89. The Morgan fingerprint density at radius 3 is 2.63 bits per heavy atom. The lowest BCUT2D eigenvalue weighted by atomic mass is 10.2. The Labute approximate surface area is 166 Å². The molecule has 1 saturated heterocycles. The van der Waals surface area contributed by atoms with Gasteiger partial charge in [0.15, 0.2) is 5.82 Å². The van der Waals surface area contributed by atoms with Gasteiger partial charge in [-0.25, -0.2) is 0 Å². The second-order valence-corrected chi connectivity index (χ2v) is 7.44. The van der Waals surface area contributed by atoms with Crippen molar-refractivity contribution in [2.45, 2.75) is 39.2 Å². The molecule has 0 N–H and O–H groups in total. The van der Waals surface area contributed by atoms with Crippen LogP contribution in [0.1, 0.15) is 44.4 Å². The first kappa shape index (κ1) is 20.1. The normalized spacial score (nSPS) is 17.1. The Hall–Kier alpha value is -1.63. The molecule has 1 aliphatic rings. The number of aromatic nitrogens is 2. The summed E-state index contributed by atoms with van der Waals surface area (Å²) in [4.78, 5) is 9.41. The largest absolute Gasteiger partial charge is 0.492 e. The van der Waals surface area contributed by atoms with Crippen LogP contribution < -0.4 is 4.74 Å². The zero-order valence-electron chi connectivity index (χ0n) is 16.2. The second-order valence-electron chi connectivity index (χ2n) is 7.01. The number of aryl methyl sites for hydroxylation is 1. The second kappa shape index (κ2) is 10.1. The topological polar surface area (TPSA) is 54.6 Å². The summed E-state index contributed by atoms with van der Waals surface area (Å²) < 4.78 is 11.3. The van der Waals surface area contributed by atoms with Crippen molar-refractivity contribution < 1.29 is 9.26 Å². The average Bonchev–Trinajstić information content (AvgIpc) is 3.17. The number of piperazine rings is 1. The number of hydrogen-bond acceptors (Lipinski definition) is 6. The van der Waals surface area contributed by atoms with E-state index in [2.05, 4.69) is 33.8 Å². The minimum absolute atomic E-state index is 0.167. The fourth-order valence-electron chi connectivity index (χ4n) is 3.23. The van der Waals surface area contributed by atoms with Gasteiger partial charge in [-0.2, -0.15) is 4.98 Å². The van der Waals surface area contributed by atoms with Gasteiger partial charge in [0.2, 0.25) is 5.89 Å². The van der Waals surface area contributed by atoms with Gasteiger partial charge in [-0.3, -0.25) is 9.80 Å². The molecule has 1 fully saturated rings. The van der Waals surface area contributed by atoms with E-state index < -0.39 is 0 Å². The predicted molar refractivity (Wildman–Crippen MR) is 106 cm³/mol. The number of unbranched alkanes of at least 4 members (excludes halogenated alkanes) is 1.